The molecule has 1 nitrogen and oxygen atoms in total. The molecule has 18 heavy (non-hydrogen) atoms. The molecule has 0 saturated heterocycles. The summed E-state index contributed by atoms with van der Waals surface area (Å²) in [4.78, 5) is 0. The van der Waals surface area contributed by atoms with Crippen LogP contribution in [-0.2, 0) is 0 Å². The van der Waals surface area contributed by atoms with Crippen LogP contribution >= 0.6 is 0 Å². The zero-order chi connectivity index (χ0) is 12.6. The van der Waals surface area contributed by atoms with Gasteiger partial charge in [-0.25, -0.2) is 0 Å². The third-order valence-electron chi connectivity index (χ3n) is 5.95. The second-order valence-electron chi connectivity index (χ2n) is 7.26. The normalized spacial score (nSPS) is 42.8. The first-order valence-corrected chi connectivity index (χ1v) is 7.89. The van der Waals surface area contributed by atoms with E-state index in [1.807, 2.05) is 0 Å². The zero-order valence-corrected chi connectivity index (χ0v) is 11.8. The van der Waals surface area contributed by atoms with Crippen LogP contribution in [0.2, 0.25) is 0 Å². The van der Waals surface area contributed by atoms with Gasteiger partial charge in [0.1, 0.15) is 0 Å². The molecule has 0 radical (unpaired) electrons. The lowest BCUT2D eigenvalue weighted by Crippen LogP contribution is -2.54. The Bertz CT molecular complexity index is 303. The number of unbranched alkanes of at least 4 members (excludes halogenated alkanes) is 1. The summed E-state index contributed by atoms with van der Waals surface area (Å²) < 4.78 is 0. The van der Waals surface area contributed by atoms with Gasteiger partial charge >= 0.3 is 0 Å². The number of rotatable bonds is 5. The molecule has 1 atom stereocenters. The van der Waals surface area contributed by atoms with Crippen molar-refractivity contribution in [1.29, 1.82) is 0 Å². The number of nitrogens with one attached hydrogen (secondary N) is 1. The molecule has 0 amide bonds. The molecule has 1 unspecified atom stereocenters. The molecule has 4 rings (SSSR count). The summed E-state index contributed by atoms with van der Waals surface area (Å²) in [6, 6.07) is 0.698. The maximum Gasteiger partial charge on any atom is 0.00981 e. The van der Waals surface area contributed by atoms with Gasteiger partial charge in [0.25, 0.3) is 0 Å². The smallest absolute Gasteiger partial charge is 0.00981 e. The molecule has 0 aromatic heterocycles. The van der Waals surface area contributed by atoms with Crippen LogP contribution in [0, 0.1) is 35.5 Å². The summed E-state index contributed by atoms with van der Waals surface area (Å²) >= 11 is 0. The van der Waals surface area contributed by atoms with Crippen LogP contribution in [0.25, 0.3) is 0 Å². The Kier molecular flexibility index (Phi) is 3.41. The largest absolute Gasteiger partial charge is 0.314 e. The minimum atomic E-state index is 0.644. The average molecular weight is 245 g/mol. The second kappa shape index (κ2) is 4.89. The monoisotopic (exact) mass is 245 g/mol. The second-order valence-corrected chi connectivity index (χ2v) is 7.26. The Morgan fingerprint density at radius 1 is 1.17 bits per heavy atom. The van der Waals surface area contributed by atoms with Crippen LogP contribution in [-0.4, -0.2) is 12.6 Å². The molecule has 1 heteroatoms. The highest BCUT2D eigenvalue weighted by atomic mass is 14.9. The lowest BCUT2D eigenvalue weighted by molar-refractivity contribution is -0.0702. The van der Waals surface area contributed by atoms with E-state index < -0.39 is 0 Å². The zero-order valence-electron chi connectivity index (χ0n) is 11.8. The van der Waals surface area contributed by atoms with Crippen molar-refractivity contribution in [3.63, 3.8) is 0 Å². The van der Waals surface area contributed by atoms with Gasteiger partial charge in [-0.1, -0.05) is 0 Å². The Morgan fingerprint density at radius 2 is 1.72 bits per heavy atom. The van der Waals surface area contributed by atoms with Gasteiger partial charge in [0.15, 0.2) is 0 Å². The Hall–Kier alpha value is -0.480. The third-order valence-corrected chi connectivity index (χ3v) is 5.95. The minimum absolute atomic E-state index is 0.644. The number of terminal acetylenes is 1. The molecule has 0 aliphatic heterocycles. The Morgan fingerprint density at radius 3 is 2.22 bits per heavy atom. The van der Waals surface area contributed by atoms with Crippen LogP contribution in [0.5, 0.6) is 0 Å². The molecule has 100 valence electrons. The molecule has 0 heterocycles. The highest BCUT2D eigenvalue weighted by Gasteiger charge is 2.52. The lowest BCUT2D eigenvalue weighted by atomic mass is 9.48. The van der Waals surface area contributed by atoms with Crippen molar-refractivity contribution in [1.82, 2.24) is 5.32 Å². The van der Waals surface area contributed by atoms with E-state index in [0.717, 1.165) is 37.1 Å². The molecule has 0 aromatic carbocycles. The highest BCUT2D eigenvalue weighted by molar-refractivity contribution is 5.05. The standard InChI is InChI=1S/C17H27N/c1-3-4-5-6-18-13(2)17-10-14-7-15(11-17)9-16(8-14)12-17/h1,13-16,18H,4-12H2,2H3. The SMILES string of the molecule is C#CCCCNC(C)C12CC3CC(CC(C3)C1)C2. The maximum atomic E-state index is 5.31. The summed E-state index contributed by atoms with van der Waals surface area (Å²) in [5, 5.41) is 3.78. The van der Waals surface area contributed by atoms with E-state index in [2.05, 4.69) is 18.2 Å². The molecule has 4 aliphatic carbocycles. The summed E-state index contributed by atoms with van der Waals surface area (Å²) in [5.74, 6) is 5.92. The van der Waals surface area contributed by atoms with Crippen molar-refractivity contribution in [2.75, 3.05) is 6.54 Å². The van der Waals surface area contributed by atoms with Gasteiger partial charge < -0.3 is 5.32 Å². The molecule has 0 spiro atoms. The fraction of sp³-hybridized carbons (Fsp3) is 0.882. The van der Waals surface area contributed by atoms with Gasteiger partial charge in [-0.2, -0.15) is 0 Å². The fourth-order valence-corrected chi connectivity index (χ4v) is 5.43. The van der Waals surface area contributed by atoms with Gasteiger partial charge in [-0.15, -0.1) is 12.3 Å². The average Bonchev–Trinajstić information content (AvgIpc) is 2.32. The van der Waals surface area contributed by atoms with E-state index in [4.69, 9.17) is 6.42 Å². The Balaban J connectivity index is 1.59. The Labute approximate surface area is 112 Å². The van der Waals surface area contributed by atoms with E-state index in [9.17, 15) is 0 Å². The quantitative estimate of drug-likeness (QED) is 0.576. The number of hydrogen-bond donors (Lipinski definition) is 1. The van der Waals surface area contributed by atoms with Gasteiger partial charge in [0.05, 0.1) is 0 Å². The third kappa shape index (κ3) is 2.21. The molecule has 4 saturated carbocycles. The topological polar surface area (TPSA) is 12.0 Å². The van der Waals surface area contributed by atoms with Crippen LogP contribution in [0.1, 0.15) is 58.3 Å². The van der Waals surface area contributed by atoms with Crippen LogP contribution in [0.15, 0.2) is 0 Å². The van der Waals surface area contributed by atoms with E-state index in [-0.39, 0.29) is 0 Å². The molecule has 4 bridgehead atoms. The van der Waals surface area contributed by atoms with Crippen molar-refractivity contribution >= 4 is 0 Å². The molecule has 4 fully saturated rings. The van der Waals surface area contributed by atoms with Gasteiger partial charge in [0, 0.05) is 12.5 Å². The van der Waals surface area contributed by atoms with Crippen molar-refractivity contribution in [2.45, 2.75) is 64.3 Å². The van der Waals surface area contributed by atoms with E-state index in [1.54, 1.807) is 19.3 Å². The molecular weight excluding hydrogens is 218 g/mol. The lowest BCUT2D eigenvalue weighted by Gasteiger charge is -2.59. The summed E-state index contributed by atoms with van der Waals surface area (Å²) in [6.07, 6.45) is 16.5. The predicted molar refractivity (Wildman–Crippen MR) is 76.1 cm³/mol. The van der Waals surface area contributed by atoms with Crippen LogP contribution in [0.3, 0.4) is 0 Å². The highest BCUT2D eigenvalue weighted by Crippen LogP contribution is 2.61. The van der Waals surface area contributed by atoms with Crippen molar-refractivity contribution in [3.8, 4) is 12.3 Å². The van der Waals surface area contributed by atoms with Gasteiger partial charge in [-0.3, -0.25) is 0 Å². The van der Waals surface area contributed by atoms with E-state index in [1.165, 1.54) is 19.3 Å². The number of hydrogen-bond acceptors (Lipinski definition) is 1. The van der Waals surface area contributed by atoms with E-state index >= 15 is 0 Å². The van der Waals surface area contributed by atoms with Crippen molar-refractivity contribution in [2.24, 2.45) is 23.2 Å². The minimum Gasteiger partial charge on any atom is -0.314 e. The predicted octanol–water partition coefficient (Wildman–Crippen LogP) is 3.59. The van der Waals surface area contributed by atoms with Crippen molar-refractivity contribution in [3.05, 3.63) is 0 Å². The van der Waals surface area contributed by atoms with Crippen molar-refractivity contribution < 1.29 is 0 Å². The summed E-state index contributed by atoms with van der Waals surface area (Å²) in [6.45, 7) is 3.54. The van der Waals surface area contributed by atoms with Gasteiger partial charge in [0.2, 0.25) is 0 Å². The van der Waals surface area contributed by atoms with Gasteiger partial charge in [-0.05, 0) is 81.6 Å². The molecular formula is C17H27N. The molecule has 0 aromatic rings. The summed E-state index contributed by atoms with van der Waals surface area (Å²) in [7, 11) is 0. The first-order valence-electron chi connectivity index (χ1n) is 7.89. The first kappa shape index (κ1) is 12.5. The fourth-order valence-electron chi connectivity index (χ4n) is 5.43. The summed E-state index contributed by atoms with van der Waals surface area (Å²) in [5.41, 5.74) is 0.644. The maximum absolute atomic E-state index is 5.31. The first-order chi connectivity index (χ1) is 8.72. The van der Waals surface area contributed by atoms with E-state index in [0.29, 0.717) is 11.5 Å². The molecule has 4 aliphatic rings. The van der Waals surface area contributed by atoms with Crippen LogP contribution in [0.4, 0.5) is 0 Å². The molecule has 1 N–H and O–H groups in total. The van der Waals surface area contributed by atoms with Crippen LogP contribution < -0.4 is 5.32 Å².